The fourth-order valence-corrected chi connectivity index (χ4v) is 1.89. The Morgan fingerprint density at radius 2 is 0.500 bits per heavy atom. The Morgan fingerprint density at radius 3 is 0.565 bits per heavy atom. The maximum atomic E-state index is 9.78. The van der Waals surface area contributed by atoms with Gasteiger partial charge in [0, 0.05) is 80.5 Å². The first kappa shape index (κ1) is 53.8. The van der Waals surface area contributed by atoms with Crippen LogP contribution < -0.4 is 25.5 Å². The van der Waals surface area contributed by atoms with E-state index in [0.29, 0.717) is 0 Å². The zero-order chi connectivity index (χ0) is 36.4. The van der Waals surface area contributed by atoms with Gasteiger partial charge in [-0.05, 0) is 34.6 Å². The summed E-state index contributed by atoms with van der Waals surface area (Å²) in [5.41, 5.74) is 0. The van der Waals surface area contributed by atoms with Crippen LogP contribution in [-0.2, 0) is 90.2 Å². The predicted molar refractivity (Wildman–Crippen MR) is 131 cm³/mol. The summed E-state index contributed by atoms with van der Waals surface area (Å²) in [7, 11) is 0. The number of hydrogen-bond acceptors (Lipinski definition) is 20. The molecular formula is C25H35O20V-5. The summed E-state index contributed by atoms with van der Waals surface area (Å²) in [6.45, 7) is 8.46. The van der Waals surface area contributed by atoms with Crippen molar-refractivity contribution in [2.24, 2.45) is 0 Å². The molecule has 46 heavy (non-hydrogen) atoms. The summed E-state index contributed by atoms with van der Waals surface area (Å²) >= 11 is 0. The van der Waals surface area contributed by atoms with Crippen molar-refractivity contribution in [1.82, 2.24) is 0 Å². The van der Waals surface area contributed by atoms with Crippen LogP contribution in [0.4, 0.5) is 0 Å². The minimum Gasteiger partial charge on any atom is -0.550 e. The number of hydrogen-bond donors (Lipinski definition) is 0. The summed E-state index contributed by atoms with van der Waals surface area (Å²) < 4.78 is 21.3. The number of rotatable bonds is 20. The Balaban J connectivity index is -0.000000108. The van der Waals surface area contributed by atoms with Crippen LogP contribution in [0.2, 0.25) is 0 Å². The molecule has 0 rings (SSSR count). The van der Waals surface area contributed by atoms with Crippen molar-refractivity contribution in [2.45, 2.75) is 97.2 Å². The molecule has 0 aliphatic heterocycles. The third-order valence-electron chi connectivity index (χ3n) is 3.71. The molecule has 0 N–H and O–H groups in total. The second-order valence-corrected chi connectivity index (χ2v) is 8.10. The molecule has 0 aromatic carbocycles. The smallest absolute Gasteiger partial charge is 0.293 e. The van der Waals surface area contributed by atoms with Crippen LogP contribution in [0.1, 0.15) is 66.7 Å². The van der Waals surface area contributed by atoms with E-state index in [9.17, 15) is 73.5 Å². The van der Waals surface area contributed by atoms with Gasteiger partial charge in [0.05, 0.1) is 0 Å². The van der Waals surface area contributed by atoms with Gasteiger partial charge in [-0.15, -0.1) is 0 Å². The monoisotopic (exact) mass is 706 g/mol. The SMILES string of the molecule is CC(CC(=O)[O-])OC=O.CC(CC(=O)[O-])OC=O.CC(CC(=O)[O-])OC=O.CC(CC(=O)[O-])OC=O.CC(CC(=O)[O-])OC=O.[V]. The summed E-state index contributed by atoms with van der Waals surface area (Å²) in [5.74, 6) is -6.09. The van der Waals surface area contributed by atoms with Gasteiger partial charge >= 0.3 is 0 Å². The molecule has 20 nitrogen and oxygen atoms in total. The number of aliphatic carboxylic acids is 5. The summed E-state index contributed by atoms with van der Waals surface area (Å²) in [5, 5.41) is 48.9. The third-order valence-corrected chi connectivity index (χ3v) is 3.71. The average molecular weight is 706 g/mol. The van der Waals surface area contributed by atoms with Gasteiger partial charge in [0.25, 0.3) is 32.4 Å². The van der Waals surface area contributed by atoms with Crippen LogP contribution >= 0.6 is 0 Å². The quantitative estimate of drug-likeness (QED) is 0.0838. The molecule has 5 atom stereocenters. The second-order valence-electron chi connectivity index (χ2n) is 8.10. The summed E-state index contributed by atoms with van der Waals surface area (Å²) in [6.07, 6.45) is -4.21. The molecule has 265 valence electrons. The first-order chi connectivity index (χ1) is 20.8. The molecule has 0 aliphatic carbocycles. The molecule has 0 fully saturated rings. The van der Waals surface area contributed by atoms with Gasteiger partial charge in [0.2, 0.25) is 0 Å². The largest absolute Gasteiger partial charge is 0.550 e. The zero-order valence-corrected chi connectivity index (χ0v) is 26.8. The number of carbonyl (C=O) groups excluding carboxylic acids is 10. The van der Waals surface area contributed by atoms with Crippen molar-refractivity contribution in [1.29, 1.82) is 0 Å². The fraction of sp³-hybridized carbons (Fsp3) is 0.600. The molecule has 21 heteroatoms. The molecule has 5 unspecified atom stereocenters. The van der Waals surface area contributed by atoms with Crippen molar-refractivity contribution >= 4 is 62.2 Å². The fourth-order valence-electron chi connectivity index (χ4n) is 1.89. The van der Waals surface area contributed by atoms with Crippen LogP contribution in [-0.4, -0.2) is 92.7 Å². The number of carboxylic acids is 5. The normalized spacial score (nSPS) is 11.8. The van der Waals surface area contributed by atoms with Crippen LogP contribution in [0.15, 0.2) is 0 Å². The molecular weight excluding hydrogens is 671 g/mol. The van der Waals surface area contributed by atoms with E-state index in [1.54, 1.807) is 0 Å². The van der Waals surface area contributed by atoms with E-state index >= 15 is 0 Å². The minimum atomic E-state index is -1.22. The van der Waals surface area contributed by atoms with E-state index in [4.69, 9.17) is 0 Å². The van der Waals surface area contributed by atoms with Gasteiger partial charge in [-0.2, -0.15) is 0 Å². The summed E-state index contributed by atoms with van der Waals surface area (Å²) in [4.78, 5) is 96.7. The van der Waals surface area contributed by atoms with E-state index in [0.717, 1.165) is 0 Å². The van der Waals surface area contributed by atoms with Crippen LogP contribution in [0.25, 0.3) is 0 Å². The molecule has 0 spiro atoms. The van der Waals surface area contributed by atoms with Gasteiger partial charge in [-0.3, -0.25) is 24.0 Å². The van der Waals surface area contributed by atoms with Gasteiger partial charge < -0.3 is 73.2 Å². The van der Waals surface area contributed by atoms with Gasteiger partial charge in [0.15, 0.2) is 0 Å². The minimum absolute atomic E-state index is 0. The predicted octanol–water partition coefficient (Wildman–Crippen LogP) is -6.56. The van der Waals surface area contributed by atoms with Gasteiger partial charge in [-0.1, -0.05) is 0 Å². The number of carbonyl (C=O) groups is 10. The van der Waals surface area contributed by atoms with Crippen molar-refractivity contribution in [3.05, 3.63) is 0 Å². The van der Waals surface area contributed by atoms with E-state index in [2.05, 4.69) is 23.7 Å². The Morgan fingerprint density at radius 1 is 0.391 bits per heavy atom. The van der Waals surface area contributed by atoms with E-state index in [1.807, 2.05) is 0 Å². The molecule has 0 saturated carbocycles. The molecule has 0 aromatic rings. The second kappa shape index (κ2) is 38.3. The zero-order valence-electron chi connectivity index (χ0n) is 25.4. The molecule has 0 bridgehead atoms. The Bertz CT molecular complexity index is 717. The van der Waals surface area contributed by atoms with E-state index < -0.39 is 60.4 Å². The Kier molecular flexibility index (Phi) is 44.8. The Labute approximate surface area is 275 Å². The van der Waals surface area contributed by atoms with Crippen molar-refractivity contribution in [3.63, 3.8) is 0 Å². The molecule has 0 heterocycles. The van der Waals surface area contributed by atoms with Crippen LogP contribution in [0.5, 0.6) is 0 Å². The maximum Gasteiger partial charge on any atom is 0.293 e. The maximum absolute atomic E-state index is 9.78. The standard InChI is InChI=1S/5C5H8O4.V/c5*1-4(9-3-6)2-5(7)8;/h5*3-4H,2H2,1H3,(H,7,8);/p-5. The molecule has 0 amide bonds. The van der Waals surface area contributed by atoms with Crippen molar-refractivity contribution in [3.8, 4) is 0 Å². The first-order valence-corrected chi connectivity index (χ1v) is 12.3. The molecule has 0 aromatic heterocycles. The average Bonchev–Trinajstić information content (AvgIpc) is 2.84. The topological polar surface area (TPSA) is 332 Å². The molecule has 1 radical (unpaired) electrons. The molecule has 0 aliphatic rings. The van der Waals surface area contributed by atoms with E-state index in [-0.39, 0.29) is 83.0 Å². The Hall–Kier alpha value is -4.72. The van der Waals surface area contributed by atoms with Gasteiger partial charge in [-0.25, -0.2) is 0 Å². The molecule has 0 saturated heterocycles. The van der Waals surface area contributed by atoms with Crippen molar-refractivity contribution < 1.29 is 116 Å². The van der Waals surface area contributed by atoms with Gasteiger partial charge in [0.1, 0.15) is 30.5 Å². The number of ether oxygens (including phenoxy) is 5. The summed E-state index contributed by atoms with van der Waals surface area (Å²) in [6, 6.07) is 0. The van der Waals surface area contributed by atoms with E-state index in [1.165, 1.54) is 34.6 Å². The third kappa shape index (κ3) is 62.8. The first-order valence-electron chi connectivity index (χ1n) is 12.3. The van der Waals surface area contributed by atoms with Crippen molar-refractivity contribution in [2.75, 3.05) is 0 Å². The number of carboxylic acid groups (broad SMARTS) is 5. The van der Waals surface area contributed by atoms with Crippen LogP contribution in [0.3, 0.4) is 0 Å². The van der Waals surface area contributed by atoms with Crippen LogP contribution in [0, 0.1) is 0 Å².